The number of aliphatic hydroxyl groups excluding tert-OH is 1. The van der Waals surface area contributed by atoms with E-state index in [4.69, 9.17) is 4.74 Å². The van der Waals surface area contributed by atoms with Crippen LogP contribution in [0.25, 0.3) is 0 Å². The van der Waals surface area contributed by atoms with Gasteiger partial charge in [0.05, 0.1) is 18.8 Å². The molecule has 0 saturated heterocycles. The number of hydrogen-bond donors (Lipinski definition) is 2. The molecule has 2 aromatic carbocycles. The number of nitrogens with one attached hydrogen (secondary N) is 1. The molecule has 2 rings (SSSR count). The van der Waals surface area contributed by atoms with E-state index in [1.807, 2.05) is 31.2 Å². The second-order valence-corrected chi connectivity index (χ2v) is 5.05. The summed E-state index contributed by atoms with van der Waals surface area (Å²) in [6.07, 6.45) is -1.25. The third-order valence-corrected chi connectivity index (χ3v) is 3.57. The lowest BCUT2D eigenvalue weighted by atomic mass is 10.1. The van der Waals surface area contributed by atoms with Gasteiger partial charge in [-0.1, -0.05) is 18.2 Å². The molecule has 0 aliphatic rings. The van der Waals surface area contributed by atoms with Crippen molar-refractivity contribution in [3.8, 4) is 5.75 Å². The number of halogens is 2. The largest absolute Gasteiger partial charge is 0.497 e. The SMILES string of the molecule is COc1ccc(C(C)NCC(O)c2c(F)cccc2F)cc1. The Morgan fingerprint density at radius 2 is 1.68 bits per heavy atom. The number of methoxy groups -OCH3 is 1. The quantitative estimate of drug-likeness (QED) is 0.860. The third kappa shape index (κ3) is 3.81. The van der Waals surface area contributed by atoms with Crippen molar-refractivity contribution in [2.24, 2.45) is 0 Å². The Morgan fingerprint density at radius 1 is 1.09 bits per heavy atom. The molecule has 3 nitrogen and oxygen atoms in total. The van der Waals surface area contributed by atoms with Gasteiger partial charge in [-0.3, -0.25) is 0 Å². The van der Waals surface area contributed by atoms with E-state index in [0.29, 0.717) is 0 Å². The summed E-state index contributed by atoms with van der Waals surface area (Å²) in [5, 5.41) is 13.1. The Morgan fingerprint density at radius 3 is 2.23 bits per heavy atom. The molecular formula is C17H19F2NO2. The molecule has 2 aromatic rings. The van der Waals surface area contributed by atoms with Crippen molar-refractivity contribution in [3.63, 3.8) is 0 Å². The van der Waals surface area contributed by atoms with Gasteiger partial charge < -0.3 is 15.2 Å². The maximum atomic E-state index is 13.6. The lowest BCUT2D eigenvalue weighted by molar-refractivity contribution is 0.161. The molecule has 22 heavy (non-hydrogen) atoms. The molecular weight excluding hydrogens is 288 g/mol. The van der Waals surface area contributed by atoms with Crippen LogP contribution in [0.15, 0.2) is 42.5 Å². The normalized spacial score (nSPS) is 13.7. The van der Waals surface area contributed by atoms with Crippen molar-refractivity contribution < 1.29 is 18.6 Å². The van der Waals surface area contributed by atoms with Gasteiger partial charge >= 0.3 is 0 Å². The van der Waals surface area contributed by atoms with Crippen LogP contribution in [0.4, 0.5) is 8.78 Å². The van der Waals surface area contributed by atoms with Gasteiger partial charge in [0.25, 0.3) is 0 Å². The lowest BCUT2D eigenvalue weighted by Crippen LogP contribution is -2.25. The van der Waals surface area contributed by atoms with E-state index in [1.165, 1.54) is 6.07 Å². The molecule has 2 N–H and O–H groups in total. The monoisotopic (exact) mass is 307 g/mol. The fraction of sp³-hybridized carbons (Fsp3) is 0.294. The van der Waals surface area contributed by atoms with E-state index in [2.05, 4.69) is 5.32 Å². The number of aliphatic hydroxyl groups is 1. The van der Waals surface area contributed by atoms with Crippen LogP contribution in [0, 0.1) is 11.6 Å². The maximum Gasteiger partial charge on any atom is 0.131 e. The van der Waals surface area contributed by atoms with Crippen molar-refractivity contribution in [2.45, 2.75) is 19.1 Å². The summed E-state index contributed by atoms with van der Waals surface area (Å²) < 4.78 is 32.3. The van der Waals surface area contributed by atoms with E-state index < -0.39 is 17.7 Å². The molecule has 2 atom stereocenters. The molecule has 0 aromatic heterocycles. The van der Waals surface area contributed by atoms with E-state index in [9.17, 15) is 13.9 Å². The average Bonchev–Trinajstić information content (AvgIpc) is 2.52. The molecule has 0 radical (unpaired) electrons. The first-order valence-electron chi connectivity index (χ1n) is 7.02. The van der Waals surface area contributed by atoms with Crippen LogP contribution in [-0.2, 0) is 0 Å². The standard InChI is InChI=1S/C17H19F2NO2/c1-11(12-6-8-13(22-2)9-7-12)20-10-16(21)17-14(18)4-3-5-15(17)19/h3-9,11,16,20-21H,10H2,1-2H3. The summed E-state index contributed by atoms with van der Waals surface area (Å²) in [6, 6.07) is 10.9. The van der Waals surface area contributed by atoms with Crippen LogP contribution >= 0.6 is 0 Å². The summed E-state index contributed by atoms with van der Waals surface area (Å²) in [5.41, 5.74) is 0.680. The highest BCUT2D eigenvalue weighted by Crippen LogP contribution is 2.22. The maximum absolute atomic E-state index is 13.6. The van der Waals surface area contributed by atoms with Gasteiger partial charge in [0, 0.05) is 12.6 Å². The molecule has 0 heterocycles. The van der Waals surface area contributed by atoms with Crippen molar-refractivity contribution in [3.05, 3.63) is 65.2 Å². The van der Waals surface area contributed by atoms with Gasteiger partial charge in [-0.05, 0) is 36.8 Å². The molecule has 0 spiro atoms. The topological polar surface area (TPSA) is 41.5 Å². The molecule has 0 aliphatic carbocycles. The molecule has 0 bridgehead atoms. The average molecular weight is 307 g/mol. The van der Waals surface area contributed by atoms with E-state index in [-0.39, 0.29) is 18.2 Å². The van der Waals surface area contributed by atoms with E-state index >= 15 is 0 Å². The molecule has 118 valence electrons. The minimum Gasteiger partial charge on any atom is -0.497 e. The smallest absolute Gasteiger partial charge is 0.131 e. The third-order valence-electron chi connectivity index (χ3n) is 3.57. The lowest BCUT2D eigenvalue weighted by Gasteiger charge is -2.18. The van der Waals surface area contributed by atoms with Gasteiger partial charge in [0.15, 0.2) is 0 Å². The summed E-state index contributed by atoms with van der Waals surface area (Å²) in [6.45, 7) is 1.96. The molecule has 0 amide bonds. The fourth-order valence-corrected chi connectivity index (χ4v) is 2.23. The minimum absolute atomic E-state index is 0.0467. The Bertz CT molecular complexity index is 596. The summed E-state index contributed by atoms with van der Waals surface area (Å²) >= 11 is 0. The Hall–Kier alpha value is -1.98. The highest BCUT2D eigenvalue weighted by Gasteiger charge is 2.18. The molecule has 2 unspecified atom stereocenters. The predicted molar refractivity (Wildman–Crippen MR) is 80.7 cm³/mol. The molecule has 0 fully saturated rings. The number of rotatable bonds is 6. The Kier molecular flexibility index (Phi) is 5.46. The van der Waals surface area contributed by atoms with Gasteiger partial charge in [-0.2, -0.15) is 0 Å². The van der Waals surface area contributed by atoms with Crippen LogP contribution in [0.2, 0.25) is 0 Å². The van der Waals surface area contributed by atoms with Crippen molar-refractivity contribution >= 4 is 0 Å². The molecule has 0 saturated carbocycles. The summed E-state index contributed by atoms with van der Waals surface area (Å²) in [5.74, 6) is -0.734. The van der Waals surface area contributed by atoms with E-state index in [0.717, 1.165) is 23.4 Å². The van der Waals surface area contributed by atoms with Gasteiger partial charge in [0.2, 0.25) is 0 Å². The van der Waals surface area contributed by atoms with Crippen LogP contribution < -0.4 is 10.1 Å². The first-order chi connectivity index (χ1) is 10.5. The molecule has 0 aliphatic heterocycles. The first kappa shape index (κ1) is 16.4. The van der Waals surface area contributed by atoms with Gasteiger partial charge in [-0.15, -0.1) is 0 Å². The zero-order valence-corrected chi connectivity index (χ0v) is 12.5. The van der Waals surface area contributed by atoms with Crippen LogP contribution in [-0.4, -0.2) is 18.8 Å². The predicted octanol–water partition coefficient (Wildman–Crippen LogP) is 3.36. The Labute approximate surface area is 128 Å². The van der Waals surface area contributed by atoms with Crippen molar-refractivity contribution in [1.82, 2.24) is 5.32 Å². The highest BCUT2D eigenvalue weighted by atomic mass is 19.1. The zero-order valence-electron chi connectivity index (χ0n) is 12.5. The van der Waals surface area contributed by atoms with Crippen LogP contribution in [0.5, 0.6) is 5.75 Å². The number of ether oxygens (including phenoxy) is 1. The van der Waals surface area contributed by atoms with E-state index in [1.54, 1.807) is 7.11 Å². The molecule has 5 heteroatoms. The van der Waals surface area contributed by atoms with Crippen LogP contribution in [0.3, 0.4) is 0 Å². The Balaban J connectivity index is 1.99. The van der Waals surface area contributed by atoms with Crippen molar-refractivity contribution in [2.75, 3.05) is 13.7 Å². The number of benzene rings is 2. The van der Waals surface area contributed by atoms with Gasteiger partial charge in [0.1, 0.15) is 17.4 Å². The van der Waals surface area contributed by atoms with Crippen molar-refractivity contribution in [1.29, 1.82) is 0 Å². The fourth-order valence-electron chi connectivity index (χ4n) is 2.23. The van der Waals surface area contributed by atoms with Crippen LogP contribution in [0.1, 0.15) is 30.2 Å². The first-order valence-corrected chi connectivity index (χ1v) is 7.02. The van der Waals surface area contributed by atoms with Gasteiger partial charge in [-0.25, -0.2) is 8.78 Å². The summed E-state index contributed by atoms with van der Waals surface area (Å²) in [7, 11) is 1.59. The minimum atomic E-state index is -1.25. The second kappa shape index (κ2) is 7.33. The zero-order chi connectivity index (χ0) is 16.1. The second-order valence-electron chi connectivity index (χ2n) is 5.05. The summed E-state index contributed by atoms with van der Waals surface area (Å²) in [4.78, 5) is 0. The highest BCUT2D eigenvalue weighted by molar-refractivity contribution is 5.29. The number of hydrogen-bond acceptors (Lipinski definition) is 3.